The third kappa shape index (κ3) is 3.69. The molecule has 6 nitrogen and oxygen atoms in total. The number of carbonyl (C=O) groups excluding carboxylic acids is 2. The summed E-state index contributed by atoms with van der Waals surface area (Å²) in [5.41, 5.74) is 3.36. The minimum Gasteiger partial charge on any atom is -0.450 e. The number of ether oxygens (including phenoxy) is 1. The summed E-state index contributed by atoms with van der Waals surface area (Å²) in [6, 6.07) is 8.29. The van der Waals surface area contributed by atoms with Crippen molar-refractivity contribution in [2.45, 2.75) is 39.2 Å². The van der Waals surface area contributed by atoms with E-state index in [1.807, 2.05) is 19.2 Å². The molecule has 1 N–H and O–H groups in total. The lowest BCUT2D eigenvalue weighted by Gasteiger charge is -2.31. The lowest BCUT2D eigenvalue weighted by molar-refractivity contribution is -0.121. The van der Waals surface area contributed by atoms with Gasteiger partial charge in [0.25, 0.3) is 0 Å². The average Bonchev–Trinajstić information content (AvgIpc) is 2.88. The first-order valence-electron chi connectivity index (χ1n) is 9.25. The molecule has 140 valence electrons. The van der Waals surface area contributed by atoms with E-state index < -0.39 is 0 Å². The van der Waals surface area contributed by atoms with Gasteiger partial charge in [-0.1, -0.05) is 18.2 Å². The van der Waals surface area contributed by atoms with Gasteiger partial charge >= 0.3 is 6.09 Å². The van der Waals surface area contributed by atoms with E-state index >= 15 is 0 Å². The van der Waals surface area contributed by atoms with Crippen molar-refractivity contribution in [1.29, 1.82) is 0 Å². The van der Waals surface area contributed by atoms with Crippen LogP contribution in [-0.2, 0) is 23.0 Å². The largest absolute Gasteiger partial charge is 0.450 e. The van der Waals surface area contributed by atoms with Crippen molar-refractivity contribution in [2.24, 2.45) is 7.05 Å². The first kappa shape index (κ1) is 18.3. The fourth-order valence-corrected chi connectivity index (χ4v) is 3.68. The van der Waals surface area contributed by atoms with Gasteiger partial charge in [-0.25, -0.2) is 4.79 Å². The van der Waals surface area contributed by atoms with Gasteiger partial charge in [-0.05, 0) is 38.3 Å². The summed E-state index contributed by atoms with van der Waals surface area (Å²) in [5.74, 6) is 0.0408. The molecule has 1 aliphatic heterocycles. The van der Waals surface area contributed by atoms with E-state index in [-0.39, 0.29) is 18.0 Å². The molecule has 6 heteroatoms. The van der Waals surface area contributed by atoms with E-state index in [4.69, 9.17) is 4.74 Å². The molecule has 0 unspecified atom stereocenters. The number of carbonyl (C=O) groups is 2. The van der Waals surface area contributed by atoms with Crippen LogP contribution in [0.25, 0.3) is 10.9 Å². The monoisotopic (exact) mass is 357 g/mol. The molecule has 1 saturated heterocycles. The van der Waals surface area contributed by atoms with Crippen molar-refractivity contribution in [3.8, 4) is 0 Å². The molecule has 0 saturated carbocycles. The molecule has 0 atom stereocenters. The van der Waals surface area contributed by atoms with Crippen molar-refractivity contribution in [3.05, 3.63) is 35.5 Å². The number of nitrogens with zero attached hydrogens (tertiary/aromatic N) is 2. The second kappa shape index (κ2) is 7.81. The topological polar surface area (TPSA) is 63.6 Å². The maximum Gasteiger partial charge on any atom is 0.409 e. The molecule has 0 bridgehead atoms. The molecule has 1 aromatic heterocycles. The molecular formula is C20H27N3O3. The molecule has 3 rings (SSSR count). The molecule has 0 spiro atoms. The molecule has 0 radical (unpaired) electrons. The van der Waals surface area contributed by atoms with Gasteiger partial charge in [-0.3, -0.25) is 4.79 Å². The van der Waals surface area contributed by atoms with Gasteiger partial charge in [0.2, 0.25) is 5.91 Å². The fraction of sp³-hybridized carbons (Fsp3) is 0.500. The fourth-order valence-electron chi connectivity index (χ4n) is 3.68. The summed E-state index contributed by atoms with van der Waals surface area (Å²) in [7, 11) is 2.03. The maximum absolute atomic E-state index is 12.6. The predicted octanol–water partition coefficient (Wildman–Crippen LogP) is 2.77. The van der Waals surface area contributed by atoms with Crippen molar-refractivity contribution in [2.75, 3.05) is 19.7 Å². The minimum atomic E-state index is -0.261. The number of hydrogen-bond acceptors (Lipinski definition) is 3. The van der Waals surface area contributed by atoms with Crippen molar-refractivity contribution < 1.29 is 14.3 Å². The third-order valence-electron chi connectivity index (χ3n) is 5.25. The summed E-state index contributed by atoms with van der Waals surface area (Å²) in [5, 5.41) is 4.27. The second-order valence-corrected chi connectivity index (χ2v) is 6.84. The highest BCUT2D eigenvalue weighted by Gasteiger charge is 2.25. The summed E-state index contributed by atoms with van der Waals surface area (Å²) < 4.78 is 7.17. The average molecular weight is 357 g/mol. The number of rotatable bonds is 4. The number of hydrogen-bond donors (Lipinski definition) is 1. The summed E-state index contributed by atoms with van der Waals surface area (Å²) in [4.78, 5) is 26.0. The molecule has 2 aromatic rings. The number of fused-ring (bicyclic) bond motifs is 1. The smallest absolute Gasteiger partial charge is 0.409 e. The normalized spacial score (nSPS) is 15.3. The Morgan fingerprint density at radius 1 is 1.23 bits per heavy atom. The Hall–Kier alpha value is -2.50. The molecule has 1 aliphatic rings. The van der Waals surface area contributed by atoms with Crippen LogP contribution in [0.4, 0.5) is 4.79 Å². The summed E-state index contributed by atoms with van der Waals surface area (Å²) in [6.07, 6.45) is 1.65. The van der Waals surface area contributed by atoms with Crippen molar-refractivity contribution in [1.82, 2.24) is 14.8 Å². The van der Waals surface area contributed by atoms with Gasteiger partial charge in [0, 0.05) is 42.8 Å². The molecule has 26 heavy (non-hydrogen) atoms. The van der Waals surface area contributed by atoms with E-state index in [0.29, 0.717) is 26.1 Å². The first-order chi connectivity index (χ1) is 12.5. The maximum atomic E-state index is 12.6. The van der Waals surface area contributed by atoms with Gasteiger partial charge in [0.1, 0.15) is 0 Å². The molecule has 1 aromatic carbocycles. The van der Waals surface area contributed by atoms with Crippen molar-refractivity contribution >= 4 is 22.9 Å². The number of benzene rings is 1. The van der Waals surface area contributed by atoms with Crippen LogP contribution < -0.4 is 5.32 Å². The van der Waals surface area contributed by atoms with Gasteiger partial charge in [-0.15, -0.1) is 0 Å². The number of aromatic nitrogens is 1. The number of nitrogens with one attached hydrogen (secondary N) is 1. The lowest BCUT2D eigenvalue weighted by atomic mass is 10.0. The lowest BCUT2D eigenvalue weighted by Crippen LogP contribution is -2.47. The van der Waals surface area contributed by atoms with E-state index in [2.05, 4.69) is 28.9 Å². The quantitative estimate of drug-likeness (QED) is 0.915. The van der Waals surface area contributed by atoms with E-state index in [1.54, 1.807) is 11.8 Å². The number of amides is 2. The van der Waals surface area contributed by atoms with Crippen LogP contribution in [0.5, 0.6) is 0 Å². The molecular weight excluding hydrogens is 330 g/mol. The van der Waals surface area contributed by atoms with Crippen LogP contribution in [0, 0.1) is 6.92 Å². The first-order valence-corrected chi connectivity index (χ1v) is 9.25. The highest BCUT2D eigenvalue weighted by atomic mass is 16.6. The summed E-state index contributed by atoms with van der Waals surface area (Å²) >= 11 is 0. The van der Waals surface area contributed by atoms with E-state index in [9.17, 15) is 9.59 Å². The van der Waals surface area contributed by atoms with Crippen LogP contribution in [0.15, 0.2) is 24.3 Å². The Morgan fingerprint density at radius 2 is 1.92 bits per heavy atom. The Morgan fingerprint density at radius 3 is 2.62 bits per heavy atom. The van der Waals surface area contributed by atoms with Gasteiger partial charge in [0.15, 0.2) is 0 Å². The van der Waals surface area contributed by atoms with Gasteiger partial charge in [0.05, 0.1) is 13.0 Å². The molecule has 1 fully saturated rings. The van der Waals surface area contributed by atoms with Crippen LogP contribution in [0.1, 0.15) is 31.0 Å². The van der Waals surface area contributed by atoms with Crippen molar-refractivity contribution in [3.63, 3.8) is 0 Å². The van der Waals surface area contributed by atoms with Crippen LogP contribution in [0.2, 0.25) is 0 Å². The van der Waals surface area contributed by atoms with E-state index in [1.165, 1.54) is 0 Å². The van der Waals surface area contributed by atoms with Crippen LogP contribution >= 0.6 is 0 Å². The Kier molecular flexibility index (Phi) is 5.49. The zero-order chi connectivity index (χ0) is 18.7. The van der Waals surface area contributed by atoms with Crippen LogP contribution in [0.3, 0.4) is 0 Å². The highest BCUT2D eigenvalue weighted by molar-refractivity contribution is 5.90. The zero-order valence-electron chi connectivity index (χ0n) is 15.7. The standard InChI is InChI=1S/C20H27N3O3/c1-4-26-20(25)23-11-9-15(10-12-23)21-19(24)13-17-14(2)22(3)18-8-6-5-7-16(17)18/h5-8,15H,4,9-13H2,1-3H3,(H,21,24). The Labute approximate surface area is 154 Å². The van der Waals surface area contributed by atoms with E-state index in [0.717, 1.165) is 35.0 Å². The van der Waals surface area contributed by atoms with Crippen LogP contribution in [-0.4, -0.2) is 47.2 Å². The SMILES string of the molecule is CCOC(=O)N1CCC(NC(=O)Cc2c(C)n(C)c3ccccc23)CC1. The minimum absolute atomic E-state index is 0.0408. The Balaban J connectivity index is 1.59. The number of piperidine rings is 1. The molecule has 2 heterocycles. The van der Waals surface area contributed by atoms with Gasteiger partial charge in [-0.2, -0.15) is 0 Å². The highest BCUT2D eigenvalue weighted by Crippen LogP contribution is 2.25. The molecule has 2 amide bonds. The zero-order valence-corrected chi connectivity index (χ0v) is 15.7. The Bertz CT molecular complexity index is 804. The van der Waals surface area contributed by atoms with Gasteiger partial charge < -0.3 is 19.5 Å². The number of likely N-dealkylation sites (tertiary alicyclic amines) is 1. The predicted molar refractivity (Wildman–Crippen MR) is 101 cm³/mol. The number of para-hydroxylation sites is 1. The number of aryl methyl sites for hydroxylation is 1. The summed E-state index contributed by atoms with van der Waals surface area (Å²) in [6.45, 7) is 5.49. The third-order valence-corrected chi connectivity index (χ3v) is 5.25. The molecule has 0 aliphatic carbocycles. The second-order valence-electron chi connectivity index (χ2n) is 6.84.